The van der Waals surface area contributed by atoms with E-state index in [1.54, 1.807) is 19.2 Å². The summed E-state index contributed by atoms with van der Waals surface area (Å²) in [7, 11) is 1.63. The predicted molar refractivity (Wildman–Crippen MR) is 53.3 cm³/mol. The van der Waals surface area contributed by atoms with E-state index in [-0.39, 0.29) is 0 Å². The first-order valence-corrected chi connectivity index (χ1v) is 4.40. The van der Waals surface area contributed by atoms with Crippen LogP contribution in [0, 0.1) is 18.3 Å². The molecule has 3 nitrogen and oxygen atoms in total. The molecule has 0 N–H and O–H groups in total. The summed E-state index contributed by atoms with van der Waals surface area (Å²) in [5.74, 6) is 0.751. The Hall–Kier alpha value is -1.53. The van der Waals surface area contributed by atoms with Crippen molar-refractivity contribution in [2.24, 2.45) is 0 Å². The Kier molecular flexibility index (Phi) is 3.96. The third-order valence-electron chi connectivity index (χ3n) is 1.86. The first kappa shape index (κ1) is 10.6. The van der Waals surface area contributed by atoms with Crippen molar-refractivity contribution < 1.29 is 9.47 Å². The number of benzene rings is 1. The van der Waals surface area contributed by atoms with E-state index in [0.717, 1.165) is 11.3 Å². The Labute approximate surface area is 83.9 Å². The van der Waals surface area contributed by atoms with Gasteiger partial charge in [-0.25, -0.2) is 0 Å². The van der Waals surface area contributed by atoms with Gasteiger partial charge in [0.05, 0.1) is 18.2 Å². The Balaban J connectivity index is 2.70. The smallest absolute Gasteiger partial charge is 0.123 e. The van der Waals surface area contributed by atoms with Gasteiger partial charge in [-0.1, -0.05) is 6.07 Å². The van der Waals surface area contributed by atoms with Crippen LogP contribution in [0.5, 0.6) is 5.75 Å². The summed E-state index contributed by atoms with van der Waals surface area (Å²) in [5, 5.41) is 8.69. The number of hydrogen-bond donors (Lipinski definition) is 0. The summed E-state index contributed by atoms with van der Waals surface area (Å²) in [5.41, 5.74) is 1.64. The maximum atomic E-state index is 8.69. The van der Waals surface area contributed by atoms with Crippen LogP contribution in [0.15, 0.2) is 18.2 Å². The molecule has 0 atom stereocenters. The van der Waals surface area contributed by atoms with Crippen LogP contribution in [0.3, 0.4) is 0 Å². The molecular formula is C11H13NO2. The maximum absolute atomic E-state index is 8.69. The van der Waals surface area contributed by atoms with Crippen LogP contribution in [0.4, 0.5) is 0 Å². The van der Waals surface area contributed by atoms with Crippen LogP contribution in [0.2, 0.25) is 0 Å². The fourth-order valence-corrected chi connectivity index (χ4v) is 1.06. The standard InChI is InChI=1S/C11H13NO2/c1-9-3-4-10(8-12)7-11(9)14-6-5-13-2/h3-4,7H,5-6H2,1-2H3. The zero-order valence-electron chi connectivity index (χ0n) is 8.41. The molecule has 0 unspecified atom stereocenters. The number of aryl methyl sites for hydroxylation is 1. The lowest BCUT2D eigenvalue weighted by atomic mass is 10.1. The molecule has 0 fully saturated rings. The molecule has 0 heterocycles. The third kappa shape index (κ3) is 2.75. The Morgan fingerprint density at radius 3 is 2.79 bits per heavy atom. The van der Waals surface area contributed by atoms with Crippen LogP contribution in [0.25, 0.3) is 0 Å². The van der Waals surface area contributed by atoms with Crippen molar-refractivity contribution in [2.45, 2.75) is 6.92 Å². The molecule has 0 bridgehead atoms. The van der Waals surface area contributed by atoms with Crippen molar-refractivity contribution >= 4 is 0 Å². The van der Waals surface area contributed by atoms with Crippen LogP contribution in [0.1, 0.15) is 11.1 Å². The molecule has 0 aliphatic heterocycles. The predicted octanol–water partition coefficient (Wildman–Crippen LogP) is 1.89. The summed E-state index contributed by atoms with van der Waals surface area (Å²) in [6.45, 7) is 3.01. The lowest BCUT2D eigenvalue weighted by Gasteiger charge is -2.08. The molecule has 14 heavy (non-hydrogen) atoms. The van der Waals surface area contributed by atoms with Gasteiger partial charge < -0.3 is 9.47 Å². The molecule has 74 valence electrons. The number of hydrogen-bond acceptors (Lipinski definition) is 3. The van der Waals surface area contributed by atoms with Crippen LogP contribution in [-0.2, 0) is 4.74 Å². The van der Waals surface area contributed by atoms with Gasteiger partial charge in [-0.15, -0.1) is 0 Å². The minimum Gasteiger partial charge on any atom is -0.491 e. The average molecular weight is 191 g/mol. The first-order chi connectivity index (χ1) is 6.77. The minimum absolute atomic E-state index is 0.506. The molecule has 1 aromatic rings. The number of rotatable bonds is 4. The lowest BCUT2D eigenvalue weighted by Crippen LogP contribution is -2.05. The summed E-state index contributed by atoms with van der Waals surface area (Å²) in [6.07, 6.45) is 0. The van der Waals surface area contributed by atoms with Crippen molar-refractivity contribution in [3.8, 4) is 11.8 Å². The van der Waals surface area contributed by atoms with Gasteiger partial charge in [-0.3, -0.25) is 0 Å². The molecule has 3 heteroatoms. The SMILES string of the molecule is COCCOc1cc(C#N)ccc1C. The zero-order valence-corrected chi connectivity index (χ0v) is 8.41. The molecule has 0 aliphatic carbocycles. The van der Waals surface area contributed by atoms with Crippen molar-refractivity contribution in [3.05, 3.63) is 29.3 Å². The van der Waals surface area contributed by atoms with Crippen LogP contribution < -0.4 is 4.74 Å². The van der Waals surface area contributed by atoms with Crippen LogP contribution in [-0.4, -0.2) is 20.3 Å². The number of methoxy groups -OCH3 is 1. The van der Waals surface area contributed by atoms with E-state index in [1.165, 1.54) is 0 Å². The second-order valence-corrected chi connectivity index (χ2v) is 2.93. The van der Waals surface area contributed by atoms with E-state index in [0.29, 0.717) is 18.8 Å². The Morgan fingerprint density at radius 1 is 1.36 bits per heavy atom. The van der Waals surface area contributed by atoms with Crippen molar-refractivity contribution in [3.63, 3.8) is 0 Å². The number of ether oxygens (including phenoxy) is 2. The molecule has 0 amide bonds. The van der Waals surface area contributed by atoms with Crippen molar-refractivity contribution in [2.75, 3.05) is 20.3 Å². The van der Waals surface area contributed by atoms with E-state index in [2.05, 4.69) is 6.07 Å². The fraction of sp³-hybridized carbons (Fsp3) is 0.364. The highest BCUT2D eigenvalue weighted by atomic mass is 16.5. The van der Waals surface area contributed by atoms with E-state index in [1.807, 2.05) is 13.0 Å². The molecular weight excluding hydrogens is 178 g/mol. The van der Waals surface area contributed by atoms with E-state index in [9.17, 15) is 0 Å². The average Bonchev–Trinajstić information content (AvgIpc) is 2.21. The molecule has 1 aromatic carbocycles. The molecule has 0 aromatic heterocycles. The normalized spacial score (nSPS) is 9.50. The summed E-state index contributed by atoms with van der Waals surface area (Å²) < 4.78 is 10.3. The van der Waals surface area contributed by atoms with Gasteiger partial charge >= 0.3 is 0 Å². The van der Waals surface area contributed by atoms with Crippen LogP contribution >= 0.6 is 0 Å². The summed E-state index contributed by atoms with van der Waals surface area (Å²) >= 11 is 0. The maximum Gasteiger partial charge on any atom is 0.123 e. The minimum atomic E-state index is 0.506. The fourth-order valence-electron chi connectivity index (χ4n) is 1.06. The molecule has 0 aliphatic rings. The number of nitriles is 1. The highest BCUT2D eigenvalue weighted by Gasteiger charge is 2.00. The first-order valence-electron chi connectivity index (χ1n) is 4.40. The van der Waals surface area contributed by atoms with Gasteiger partial charge in [0, 0.05) is 7.11 Å². The molecule has 0 saturated carbocycles. The van der Waals surface area contributed by atoms with Gasteiger partial charge in [0.2, 0.25) is 0 Å². The van der Waals surface area contributed by atoms with Gasteiger partial charge in [0.15, 0.2) is 0 Å². The molecule has 0 radical (unpaired) electrons. The summed E-state index contributed by atoms with van der Waals surface area (Å²) in [4.78, 5) is 0. The zero-order chi connectivity index (χ0) is 10.4. The van der Waals surface area contributed by atoms with Gasteiger partial charge in [0.25, 0.3) is 0 Å². The topological polar surface area (TPSA) is 42.2 Å². The van der Waals surface area contributed by atoms with E-state index >= 15 is 0 Å². The summed E-state index contributed by atoms with van der Waals surface area (Å²) in [6, 6.07) is 7.47. The van der Waals surface area contributed by atoms with E-state index in [4.69, 9.17) is 14.7 Å². The Morgan fingerprint density at radius 2 is 2.14 bits per heavy atom. The van der Waals surface area contributed by atoms with Gasteiger partial charge in [-0.05, 0) is 24.6 Å². The highest BCUT2D eigenvalue weighted by Crippen LogP contribution is 2.18. The highest BCUT2D eigenvalue weighted by molar-refractivity contribution is 5.41. The largest absolute Gasteiger partial charge is 0.491 e. The second kappa shape index (κ2) is 5.25. The second-order valence-electron chi connectivity index (χ2n) is 2.93. The van der Waals surface area contributed by atoms with Gasteiger partial charge in [0.1, 0.15) is 12.4 Å². The lowest BCUT2D eigenvalue weighted by molar-refractivity contribution is 0.146. The van der Waals surface area contributed by atoms with E-state index < -0.39 is 0 Å². The molecule has 1 rings (SSSR count). The quantitative estimate of drug-likeness (QED) is 0.682. The Bertz CT molecular complexity index is 342. The molecule has 0 spiro atoms. The molecule has 0 saturated heterocycles. The third-order valence-corrected chi connectivity index (χ3v) is 1.86. The van der Waals surface area contributed by atoms with Gasteiger partial charge in [-0.2, -0.15) is 5.26 Å². The van der Waals surface area contributed by atoms with Crippen molar-refractivity contribution in [1.82, 2.24) is 0 Å². The monoisotopic (exact) mass is 191 g/mol. The number of nitrogens with zero attached hydrogens (tertiary/aromatic N) is 1. The van der Waals surface area contributed by atoms with Crippen molar-refractivity contribution in [1.29, 1.82) is 5.26 Å².